The van der Waals surface area contributed by atoms with Gasteiger partial charge in [-0.25, -0.2) is 0 Å². The zero-order valence-electron chi connectivity index (χ0n) is 14.6. The zero-order chi connectivity index (χ0) is 16.9. The fourth-order valence-electron chi connectivity index (χ4n) is 3.42. The number of piperidine rings is 1. The lowest BCUT2D eigenvalue weighted by atomic mass is 9.93. The van der Waals surface area contributed by atoms with Crippen LogP contribution in [0.1, 0.15) is 48.1 Å². The Morgan fingerprint density at radius 1 is 1.33 bits per heavy atom. The minimum Gasteiger partial charge on any atom is -0.337 e. The molecule has 0 aliphatic carbocycles. The maximum absolute atomic E-state index is 12.7. The van der Waals surface area contributed by atoms with Crippen molar-refractivity contribution in [1.82, 2.24) is 19.7 Å². The van der Waals surface area contributed by atoms with Crippen LogP contribution in [0.25, 0.3) is 0 Å². The predicted molar refractivity (Wildman–Crippen MR) is 93.8 cm³/mol. The summed E-state index contributed by atoms with van der Waals surface area (Å²) in [6.07, 6.45) is 6.07. The van der Waals surface area contributed by atoms with Crippen LogP contribution in [-0.2, 0) is 13.0 Å². The monoisotopic (exact) mass is 326 g/mol. The van der Waals surface area contributed by atoms with E-state index < -0.39 is 0 Å². The van der Waals surface area contributed by atoms with Crippen molar-refractivity contribution in [1.29, 1.82) is 0 Å². The van der Waals surface area contributed by atoms with E-state index in [1.54, 1.807) is 0 Å². The molecule has 1 aliphatic rings. The molecule has 3 heterocycles. The Kier molecular flexibility index (Phi) is 5.28. The topological polar surface area (TPSA) is 51.0 Å². The highest BCUT2D eigenvalue weighted by atomic mass is 16.2. The van der Waals surface area contributed by atoms with Crippen molar-refractivity contribution in [3.05, 3.63) is 47.5 Å². The number of hydrogen-bond donors (Lipinski definition) is 0. The maximum atomic E-state index is 12.7. The summed E-state index contributed by atoms with van der Waals surface area (Å²) >= 11 is 0. The third kappa shape index (κ3) is 4.02. The summed E-state index contributed by atoms with van der Waals surface area (Å²) < 4.78 is 1.85. The molecule has 5 nitrogen and oxygen atoms in total. The van der Waals surface area contributed by atoms with E-state index in [9.17, 15) is 4.79 Å². The Labute approximate surface area is 143 Å². The number of carbonyl (C=O) groups excluding carboxylic acids is 1. The van der Waals surface area contributed by atoms with E-state index in [0.29, 0.717) is 11.6 Å². The number of aromatic nitrogens is 3. The third-order valence-corrected chi connectivity index (χ3v) is 4.56. The van der Waals surface area contributed by atoms with Gasteiger partial charge in [-0.05, 0) is 56.7 Å². The minimum absolute atomic E-state index is 0.0618. The number of pyridine rings is 1. The molecule has 1 fully saturated rings. The van der Waals surface area contributed by atoms with Gasteiger partial charge < -0.3 is 4.90 Å². The maximum Gasteiger partial charge on any atom is 0.274 e. The summed E-state index contributed by atoms with van der Waals surface area (Å²) in [6, 6.07) is 8.00. The Balaban J connectivity index is 1.63. The molecule has 0 saturated carbocycles. The Hall–Kier alpha value is -2.17. The molecule has 128 valence electrons. The molecule has 1 amide bonds. The molecule has 5 heteroatoms. The van der Waals surface area contributed by atoms with Crippen LogP contribution in [0.2, 0.25) is 0 Å². The average Bonchev–Trinajstić information content (AvgIpc) is 3.03. The molecule has 0 spiro atoms. The van der Waals surface area contributed by atoms with Gasteiger partial charge in [0.2, 0.25) is 0 Å². The number of nitrogens with zero attached hydrogens (tertiary/aromatic N) is 4. The van der Waals surface area contributed by atoms with E-state index in [1.807, 2.05) is 34.8 Å². The Morgan fingerprint density at radius 2 is 2.21 bits per heavy atom. The molecule has 1 aliphatic heterocycles. The van der Waals surface area contributed by atoms with Crippen LogP contribution in [0.4, 0.5) is 0 Å². The normalized spacial score (nSPS) is 17.9. The van der Waals surface area contributed by atoms with E-state index in [0.717, 1.165) is 56.7 Å². The van der Waals surface area contributed by atoms with Gasteiger partial charge in [-0.15, -0.1) is 0 Å². The molecule has 1 saturated heterocycles. The summed E-state index contributed by atoms with van der Waals surface area (Å²) in [7, 11) is 0. The summed E-state index contributed by atoms with van der Waals surface area (Å²) in [5.74, 6) is 0.543. The van der Waals surface area contributed by atoms with Crippen LogP contribution in [0.15, 0.2) is 30.5 Å². The largest absolute Gasteiger partial charge is 0.337 e. The second-order valence-corrected chi connectivity index (χ2v) is 6.70. The van der Waals surface area contributed by atoms with Crippen LogP contribution in [0, 0.1) is 12.8 Å². The summed E-state index contributed by atoms with van der Waals surface area (Å²) in [5, 5.41) is 4.41. The first kappa shape index (κ1) is 16.7. The number of amides is 1. The molecule has 24 heavy (non-hydrogen) atoms. The van der Waals surface area contributed by atoms with Crippen molar-refractivity contribution in [3.63, 3.8) is 0 Å². The van der Waals surface area contributed by atoms with E-state index in [-0.39, 0.29) is 5.91 Å². The molecular formula is C19H26N4O. The molecule has 1 atom stereocenters. The van der Waals surface area contributed by atoms with Gasteiger partial charge in [0.25, 0.3) is 5.91 Å². The van der Waals surface area contributed by atoms with Crippen molar-refractivity contribution < 1.29 is 4.79 Å². The predicted octanol–water partition coefficient (Wildman–Crippen LogP) is 3.09. The standard InChI is InChI=1S/C19H26N4O/c1-3-10-23-12-9-18(21-23)19(24)22-11-5-7-16(14-22)13-17-8-4-6-15(2)20-17/h4,6,8-9,12,16H,3,5,7,10-11,13-14H2,1-2H3/t16-/m1/s1. The van der Waals surface area contributed by atoms with Gasteiger partial charge in [-0.1, -0.05) is 13.0 Å². The van der Waals surface area contributed by atoms with Crippen LogP contribution in [-0.4, -0.2) is 38.7 Å². The lowest BCUT2D eigenvalue weighted by molar-refractivity contribution is 0.0665. The SMILES string of the molecule is CCCn1ccc(C(=O)N2CCC[C@H](Cc3cccc(C)n3)C2)n1. The summed E-state index contributed by atoms with van der Waals surface area (Å²) in [4.78, 5) is 19.3. The molecule has 0 bridgehead atoms. The first-order valence-electron chi connectivity index (χ1n) is 8.91. The number of hydrogen-bond acceptors (Lipinski definition) is 3. The molecular weight excluding hydrogens is 300 g/mol. The van der Waals surface area contributed by atoms with Gasteiger partial charge in [-0.3, -0.25) is 14.5 Å². The highest BCUT2D eigenvalue weighted by Crippen LogP contribution is 2.21. The van der Waals surface area contributed by atoms with Gasteiger partial charge in [0.1, 0.15) is 5.69 Å². The quantitative estimate of drug-likeness (QED) is 0.848. The highest BCUT2D eigenvalue weighted by Gasteiger charge is 2.26. The summed E-state index contributed by atoms with van der Waals surface area (Å²) in [5.41, 5.74) is 2.75. The average molecular weight is 326 g/mol. The van der Waals surface area contributed by atoms with Gasteiger partial charge >= 0.3 is 0 Å². The zero-order valence-corrected chi connectivity index (χ0v) is 14.6. The molecule has 0 aromatic carbocycles. The number of likely N-dealkylation sites (tertiary alicyclic amines) is 1. The van der Waals surface area contributed by atoms with Crippen LogP contribution in [0.3, 0.4) is 0 Å². The first-order chi connectivity index (χ1) is 11.7. The smallest absolute Gasteiger partial charge is 0.274 e. The molecule has 0 N–H and O–H groups in total. The van der Waals surface area contributed by atoms with Crippen molar-refractivity contribution in [2.45, 2.75) is 46.1 Å². The van der Waals surface area contributed by atoms with Crippen molar-refractivity contribution in [2.75, 3.05) is 13.1 Å². The van der Waals surface area contributed by atoms with Gasteiger partial charge in [0.15, 0.2) is 0 Å². The Morgan fingerprint density at radius 3 is 3.00 bits per heavy atom. The fourth-order valence-corrected chi connectivity index (χ4v) is 3.42. The molecule has 2 aromatic rings. The van der Waals surface area contributed by atoms with Crippen molar-refractivity contribution in [2.24, 2.45) is 5.92 Å². The molecule has 3 rings (SSSR count). The summed E-state index contributed by atoms with van der Waals surface area (Å²) in [6.45, 7) is 6.62. The molecule has 2 aromatic heterocycles. The number of carbonyl (C=O) groups is 1. The molecule has 0 radical (unpaired) electrons. The second-order valence-electron chi connectivity index (χ2n) is 6.70. The van der Waals surface area contributed by atoms with E-state index >= 15 is 0 Å². The number of aryl methyl sites for hydroxylation is 2. The first-order valence-corrected chi connectivity index (χ1v) is 8.91. The van der Waals surface area contributed by atoms with Gasteiger partial charge in [0, 0.05) is 37.2 Å². The third-order valence-electron chi connectivity index (χ3n) is 4.56. The fraction of sp³-hybridized carbons (Fsp3) is 0.526. The van der Waals surface area contributed by atoms with Crippen LogP contribution in [0.5, 0.6) is 0 Å². The van der Waals surface area contributed by atoms with Crippen molar-refractivity contribution >= 4 is 5.91 Å². The Bertz CT molecular complexity index is 694. The number of rotatable bonds is 5. The van der Waals surface area contributed by atoms with E-state index in [4.69, 9.17) is 0 Å². The van der Waals surface area contributed by atoms with E-state index in [1.165, 1.54) is 0 Å². The lowest BCUT2D eigenvalue weighted by Gasteiger charge is -2.32. The van der Waals surface area contributed by atoms with Crippen LogP contribution < -0.4 is 0 Å². The molecule has 0 unspecified atom stereocenters. The van der Waals surface area contributed by atoms with Gasteiger partial charge in [0.05, 0.1) is 0 Å². The minimum atomic E-state index is 0.0618. The van der Waals surface area contributed by atoms with E-state index in [2.05, 4.69) is 29.1 Å². The van der Waals surface area contributed by atoms with Crippen LogP contribution >= 0.6 is 0 Å². The lowest BCUT2D eigenvalue weighted by Crippen LogP contribution is -2.40. The van der Waals surface area contributed by atoms with Crippen molar-refractivity contribution in [3.8, 4) is 0 Å². The second kappa shape index (κ2) is 7.60. The van der Waals surface area contributed by atoms with Gasteiger partial charge in [-0.2, -0.15) is 5.10 Å². The highest BCUT2D eigenvalue weighted by molar-refractivity contribution is 5.92.